The fourth-order valence-electron chi connectivity index (χ4n) is 2.55. The maximum absolute atomic E-state index is 13.4. The van der Waals surface area contributed by atoms with Gasteiger partial charge in [0.05, 0.1) is 18.9 Å². The molecule has 0 fully saturated rings. The van der Waals surface area contributed by atoms with Gasteiger partial charge in [0, 0.05) is 24.7 Å². The number of benzene rings is 1. The van der Waals surface area contributed by atoms with Gasteiger partial charge in [-0.3, -0.25) is 0 Å². The van der Waals surface area contributed by atoms with Crippen molar-refractivity contribution in [2.45, 2.75) is 44.9 Å². The first-order valence-corrected chi connectivity index (χ1v) is 9.78. The number of hydrogen-bond donors (Lipinski definition) is 1. The van der Waals surface area contributed by atoms with Crippen LogP contribution in [0.4, 0.5) is 8.78 Å². The zero-order valence-electron chi connectivity index (χ0n) is 15.3. The zero-order valence-corrected chi connectivity index (χ0v) is 16.1. The Balaban J connectivity index is 2.49. The average Bonchev–Trinajstić information content (AvgIpc) is 2.93. The molecular weight excluding hydrogens is 382 g/mol. The lowest BCUT2D eigenvalue weighted by Gasteiger charge is -2.13. The molecule has 0 atom stereocenters. The minimum absolute atomic E-state index is 0.00175. The third-order valence-corrected chi connectivity index (χ3v) is 4.95. The maximum atomic E-state index is 13.4. The molecule has 0 bridgehead atoms. The summed E-state index contributed by atoms with van der Waals surface area (Å²) in [7, 11) is -4.41. The van der Waals surface area contributed by atoms with E-state index in [1.807, 2.05) is 0 Å². The fraction of sp³-hybridized carbons (Fsp3) is 0.471. The molecule has 0 saturated heterocycles. The van der Waals surface area contributed by atoms with Gasteiger partial charge in [0.25, 0.3) is 0 Å². The summed E-state index contributed by atoms with van der Waals surface area (Å²) >= 11 is 0. The Morgan fingerprint density at radius 3 is 2.37 bits per heavy atom. The van der Waals surface area contributed by atoms with Crippen molar-refractivity contribution >= 4 is 10.1 Å². The molecule has 0 aliphatic heterocycles. The normalized spacial score (nSPS) is 12.0. The van der Waals surface area contributed by atoms with E-state index in [2.05, 4.69) is 4.98 Å². The highest BCUT2D eigenvalue weighted by atomic mass is 32.2. The van der Waals surface area contributed by atoms with Gasteiger partial charge in [-0.2, -0.15) is 8.42 Å². The van der Waals surface area contributed by atoms with Crippen molar-refractivity contribution in [2.24, 2.45) is 0 Å². The number of nitrogens with zero attached hydrogens (tertiary/aromatic N) is 2. The van der Waals surface area contributed by atoms with Crippen molar-refractivity contribution in [3.8, 4) is 5.75 Å². The summed E-state index contributed by atoms with van der Waals surface area (Å²) in [5, 5.41) is 8.64. The average molecular weight is 404 g/mol. The highest BCUT2D eigenvalue weighted by molar-refractivity contribution is 7.87. The number of aliphatic hydroxyl groups is 1. The third kappa shape index (κ3) is 5.02. The number of aromatic nitrogens is 2. The standard InChI is InChI=1S/C17H22F2N2O5S/c1-4-21-15(10-25-6-5-22)20-16(11(2)3)17(21)27(23,24)26-14-8-12(18)7-13(19)9-14/h7-9,11,22H,4-6,10H2,1-3H3. The summed E-state index contributed by atoms with van der Waals surface area (Å²) in [6.07, 6.45) is 0. The Labute approximate surface area is 156 Å². The maximum Gasteiger partial charge on any atom is 0.357 e. The van der Waals surface area contributed by atoms with E-state index >= 15 is 0 Å². The number of halogens is 2. The predicted molar refractivity (Wildman–Crippen MR) is 92.9 cm³/mol. The van der Waals surface area contributed by atoms with Crippen LogP contribution in [0, 0.1) is 11.6 Å². The van der Waals surface area contributed by atoms with Crippen LogP contribution < -0.4 is 4.18 Å². The van der Waals surface area contributed by atoms with Crippen molar-refractivity contribution in [1.29, 1.82) is 0 Å². The van der Waals surface area contributed by atoms with Crippen LogP contribution in [-0.4, -0.2) is 36.3 Å². The molecule has 0 radical (unpaired) electrons. The number of aliphatic hydroxyl groups excluding tert-OH is 1. The van der Waals surface area contributed by atoms with Crippen molar-refractivity contribution in [2.75, 3.05) is 13.2 Å². The topological polar surface area (TPSA) is 90.6 Å². The number of hydrogen-bond acceptors (Lipinski definition) is 6. The third-order valence-electron chi connectivity index (χ3n) is 3.63. The van der Waals surface area contributed by atoms with Crippen LogP contribution in [0.5, 0.6) is 5.75 Å². The summed E-state index contributed by atoms with van der Waals surface area (Å²) in [6.45, 7) is 5.41. The summed E-state index contributed by atoms with van der Waals surface area (Å²) in [4.78, 5) is 4.34. The molecule has 0 aliphatic carbocycles. The molecular formula is C17H22F2N2O5S. The first kappa shape index (κ1) is 21.3. The Morgan fingerprint density at radius 2 is 1.85 bits per heavy atom. The lowest BCUT2D eigenvalue weighted by Crippen LogP contribution is -2.18. The molecule has 10 heteroatoms. The molecule has 0 unspecified atom stereocenters. The van der Waals surface area contributed by atoms with Crippen LogP contribution in [0.3, 0.4) is 0 Å². The van der Waals surface area contributed by atoms with Gasteiger partial charge in [-0.25, -0.2) is 13.8 Å². The van der Waals surface area contributed by atoms with Crippen LogP contribution >= 0.6 is 0 Å². The Kier molecular flexibility index (Phi) is 6.90. The quantitative estimate of drug-likeness (QED) is 0.510. The number of ether oxygens (including phenoxy) is 1. The molecule has 1 aromatic carbocycles. The van der Waals surface area contributed by atoms with E-state index in [9.17, 15) is 17.2 Å². The Morgan fingerprint density at radius 1 is 1.22 bits per heavy atom. The first-order valence-electron chi connectivity index (χ1n) is 8.38. The van der Waals surface area contributed by atoms with Gasteiger partial charge in [0.1, 0.15) is 29.8 Å². The van der Waals surface area contributed by atoms with Crippen LogP contribution in [-0.2, 0) is 28.0 Å². The van der Waals surface area contributed by atoms with E-state index in [1.54, 1.807) is 20.8 Å². The van der Waals surface area contributed by atoms with Gasteiger partial charge in [-0.15, -0.1) is 0 Å². The molecule has 0 spiro atoms. The molecule has 0 saturated carbocycles. The molecule has 2 aromatic rings. The second-order valence-corrected chi connectivity index (χ2v) is 7.50. The van der Waals surface area contributed by atoms with E-state index in [4.69, 9.17) is 14.0 Å². The second kappa shape index (κ2) is 8.77. The Hall–Kier alpha value is -2.04. The largest absolute Gasteiger partial charge is 0.394 e. The molecule has 0 amide bonds. The lowest BCUT2D eigenvalue weighted by atomic mass is 10.1. The van der Waals surface area contributed by atoms with Gasteiger partial charge in [-0.1, -0.05) is 13.8 Å². The fourth-order valence-corrected chi connectivity index (χ4v) is 4.02. The molecule has 150 valence electrons. The summed E-state index contributed by atoms with van der Waals surface area (Å²) in [6, 6.07) is 2.19. The van der Waals surface area contributed by atoms with Gasteiger partial charge in [0.2, 0.25) is 0 Å². The van der Waals surface area contributed by atoms with Crippen LogP contribution in [0.15, 0.2) is 23.2 Å². The van der Waals surface area contributed by atoms with Crippen molar-refractivity contribution < 1.29 is 31.2 Å². The lowest BCUT2D eigenvalue weighted by molar-refractivity contribution is 0.0757. The molecule has 1 aromatic heterocycles. The molecule has 27 heavy (non-hydrogen) atoms. The molecule has 1 N–H and O–H groups in total. The van der Waals surface area contributed by atoms with E-state index < -0.39 is 27.5 Å². The monoisotopic (exact) mass is 404 g/mol. The van der Waals surface area contributed by atoms with Crippen LogP contribution in [0.2, 0.25) is 0 Å². The smallest absolute Gasteiger partial charge is 0.357 e. The first-order chi connectivity index (χ1) is 12.7. The highest BCUT2D eigenvalue weighted by Crippen LogP contribution is 2.28. The van der Waals surface area contributed by atoms with Crippen molar-refractivity contribution in [3.63, 3.8) is 0 Å². The summed E-state index contributed by atoms with van der Waals surface area (Å²) in [5.74, 6) is -2.28. The van der Waals surface area contributed by atoms with Gasteiger partial charge in [-0.05, 0) is 12.8 Å². The van der Waals surface area contributed by atoms with E-state index in [0.717, 1.165) is 12.1 Å². The molecule has 0 aliphatic rings. The number of rotatable bonds is 9. The predicted octanol–water partition coefficient (Wildman–Crippen LogP) is 2.58. The van der Waals surface area contributed by atoms with Gasteiger partial charge in [0.15, 0.2) is 5.03 Å². The molecule has 2 rings (SSSR count). The van der Waals surface area contributed by atoms with E-state index in [1.165, 1.54) is 4.57 Å². The number of imidazole rings is 1. The summed E-state index contributed by atoms with van der Waals surface area (Å²) < 4.78 is 64.1. The minimum atomic E-state index is -4.41. The SMILES string of the molecule is CCn1c(COCCO)nc(C(C)C)c1S(=O)(=O)Oc1cc(F)cc(F)c1. The van der Waals surface area contributed by atoms with Crippen molar-refractivity contribution in [1.82, 2.24) is 9.55 Å². The molecule has 7 nitrogen and oxygen atoms in total. The van der Waals surface area contributed by atoms with Crippen molar-refractivity contribution in [3.05, 3.63) is 41.4 Å². The minimum Gasteiger partial charge on any atom is -0.394 e. The van der Waals surface area contributed by atoms with Crippen LogP contribution in [0.25, 0.3) is 0 Å². The molecule has 1 heterocycles. The second-order valence-electron chi connectivity index (χ2n) is 6.04. The highest BCUT2D eigenvalue weighted by Gasteiger charge is 2.31. The van der Waals surface area contributed by atoms with E-state index in [0.29, 0.717) is 11.9 Å². The van der Waals surface area contributed by atoms with Gasteiger partial charge < -0.3 is 18.6 Å². The summed E-state index contributed by atoms with van der Waals surface area (Å²) in [5.41, 5.74) is 0.260. The Bertz CT molecular complexity index is 877. The van der Waals surface area contributed by atoms with Gasteiger partial charge >= 0.3 is 10.1 Å². The van der Waals surface area contributed by atoms with E-state index in [-0.39, 0.29) is 43.0 Å². The zero-order chi connectivity index (χ0) is 20.2. The van der Waals surface area contributed by atoms with Crippen LogP contribution in [0.1, 0.15) is 38.2 Å².